The number of phenols is 1. The van der Waals surface area contributed by atoms with Gasteiger partial charge in [0.05, 0.1) is 5.48 Å². The minimum Gasteiger partial charge on any atom is -0.508 e. The first kappa shape index (κ1) is 22.4. The smallest absolute Gasteiger partial charge is 0.136 e. The van der Waals surface area contributed by atoms with Crippen LogP contribution in [0.1, 0.15) is 5.48 Å². The standard InChI is InChI=1S/C44H28O2/c45-32-23-21-28(22-24-32)30-13-10-14-31(27-30)41-34-15-4-6-17-36(34)42(37-18-7-5-16-35(37)41)44-33(29-11-2-1-3-12-29)25-26-40-43(44)38-19-8-9-20-39(38)46-40/h1-27,45H/i21D,22D,23D,24D. The number of hydrogen-bond acceptors (Lipinski definition) is 2. The van der Waals surface area contributed by atoms with Gasteiger partial charge in [-0.1, -0.05) is 133 Å². The number of aromatic hydroxyl groups is 1. The van der Waals surface area contributed by atoms with Crippen LogP contribution in [0, 0.1) is 0 Å². The second kappa shape index (κ2) is 10.5. The summed E-state index contributed by atoms with van der Waals surface area (Å²) in [6.07, 6.45) is 0. The third kappa shape index (κ3) is 4.12. The predicted octanol–water partition coefficient (Wildman–Crippen LogP) is 12.3. The second-order valence-corrected chi connectivity index (χ2v) is 11.5. The third-order valence-corrected chi connectivity index (χ3v) is 8.86. The molecule has 0 fully saturated rings. The summed E-state index contributed by atoms with van der Waals surface area (Å²) in [6, 6.07) is 45.9. The van der Waals surface area contributed by atoms with Gasteiger partial charge in [0, 0.05) is 16.3 Å². The van der Waals surface area contributed by atoms with Gasteiger partial charge in [-0.2, -0.15) is 0 Å². The van der Waals surface area contributed by atoms with Crippen LogP contribution in [0.3, 0.4) is 0 Å². The molecule has 1 N–H and O–H groups in total. The molecule has 0 unspecified atom stereocenters. The molecule has 0 saturated carbocycles. The average Bonchev–Trinajstić information content (AvgIpc) is 3.54. The van der Waals surface area contributed by atoms with E-state index < -0.39 is 17.8 Å². The fourth-order valence-electron chi connectivity index (χ4n) is 6.92. The molecule has 9 aromatic rings. The number of fused-ring (bicyclic) bond motifs is 5. The van der Waals surface area contributed by atoms with E-state index in [2.05, 4.69) is 84.9 Å². The summed E-state index contributed by atoms with van der Waals surface area (Å²) in [4.78, 5) is 0. The number of phenolic OH excluding ortho intramolecular Hbond substituents is 1. The Balaban J connectivity index is 1.41. The molecule has 9 rings (SSSR count). The Morgan fingerprint density at radius 1 is 0.413 bits per heavy atom. The van der Waals surface area contributed by atoms with Crippen molar-refractivity contribution in [2.45, 2.75) is 0 Å². The fraction of sp³-hybridized carbons (Fsp3) is 0. The van der Waals surface area contributed by atoms with Crippen molar-refractivity contribution >= 4 is 43.5 Å². The topological polar surface area (TPSA) is 33.4 Å². The van der Waals surface area contributed by atoms with Crippen LogP contribution in [-0.2, 0) is 0 Å². The van der Waals surface area contributed by atoms with Gasteiger partial charge in [-0.05, 0) is 90.8 Å². The van der Waals surface area contributed by atoms with Crippen LogP contribution >= 0.6 is 0 Å². The zero-order valence-electron chi connectivity index (χ0n) is 28.6. The van der Waals surface area contributed by atoms with Gasteiger partial charge in [0.15, 0.2) is 0 Å². The molecular weight excluding hydrogens is 560 g/mol. The van der Waals surface area contributed by atoms with Gasteiger partial charge >= 0.3 is 0 Å². The van der Waals surface area contributed by atoms with Gasteiger partial charge in [0.2, 0.25) is 0 Å². The molecule has 0 atom stereocenters. The first-order chi connectivity index (χ1) is 24.4. The molecule has 46 heavy (non-hydrogen) atoms. The number of rotatable bonds is 4. The molecular formula is C44H28O2. The molecule has 0 aliphatic heterocycles. The minimum absolute atomic E-state index is 0.149. The first-order valence-corrected chi connectivity index (χ1v) is 15.3. The molecule has 8 aromatic carbocycles. The lowest BCUT2D eigenvalue weighted by Gasteiger charge is -2.20. The molecule has 1 heterocycles. The van der Waals surface area contributed by atoms with E-state index in [1.54, 1.807) is 6.07 Å². The van der Waals surface area contributed by atoms with Crippen LogP contribution in [0.25, 0.3) is 88.0 Å². The molecule has 0 bridgehead atoms. The van der Waals surface area contributed by atoms with Crippen molar-refractivity contribution in [2.75, 3.05) is 0 Å². The summed E-state index contributed by atoms with van der Waals surface area (Å²) < 4.78 is 40.2. The molecule has 1 aromatic heterocycles. The highest BCUT2D eigenvalue weighted by molar-refractivity contribution is 6.27. The third-order valence-electron chi connectivity index (χ3n) is 8.86. The second-order valence-electron chi connectivity index (χ2n) is 11.5. The lowest BCUT2D eigenvalue weighted by Crippen LogP contribution is -1.94. The van der Waals surface area contributed by atoms with Crippen molar-refractivity contribution in [3.05, 3.63) is 164 Å². The highest BCUT2D eigenvalue weighted by Crippen LogP contribution is 2.50. The van der Waals surface area contributed by atoms with Crippen molar-refractivity contribution in [3.63, 3.8) is 0 Å². The molecule has 2 heteroatoms. The van der Waals surface area contributed by atoms with Gasteiger partial charge < -0.3 is 9.52 Å². The maximum Gasteiger partial charge on any atom is 0.136 e. The molecule has 0 saturated heterocycles. The highest BCUT2D eigenvalue weighted by Gasteiger charge is 2.23. The zero-order valence-corrected chi connectivity index (χ0v) is 24.6. The van der Waals surface area contributed by atoms with Gasteiger partial charge in [0.1, 0.15) is 16.9 Å². The van der Waals surface area contributed by atoms with E-state index in [0.717, 1.165) is 76.9 Å². The Bertz CT molecular complexity index is 2730. The van der Waals surface area contributed by atoms with Crippen molar-refractivity contribution < 1.29 is 15.0 Å². The number of para-hydroxylation sites is 1. The first-order valence-electron chi connectivity index (χ1n) is 17.3. The minimum atomic E-state index is -0.650. The summed E-state index contributed by atoms with van der Waals surface area (Å²) in [5.74, 6) is -0.650. The van der Waals surface area contributed by atoms with E-state index >= 15 is 0 Å². The van der Waals surface area contributed by atoms with Crippen LogP contribution in [0.4, 0.5) is 0 Å². The van der Waals surface area contributed by atoms with E-state index in [9.17, 15) is 5.11 Å². The van der Waals surface area contributed by atoms with Crippen LogP contribution in [0.2, 0.25) is 0 Å². The van der Waals surface area contributed by atoms with Crippen molar-refractivity contribution in [1.82, 2.24) is 0 Å². The summed E-state index contributed by atoms with van der Waals surface area (Å²) in [5, 5.41) is 16.5. The molecule has 0 radical (unpaired) electrons. The lowest BCUT2D eigenvalue weighted by atomic mass is 9.82. The maximum atomic E-state index is 10.2. The lowest BCUT2D eigenvalue weighted by molar-refractivity contribution is 0.475. The Morgan fingerprint density at radius 2 is 0.978 bits per heavy atom. The molecule has 0 aliphatic carbocycles. The summed E-state index contributed by atoms with van der Waals surface area (Å²) in [6.45, 7) is 0. The van der Waals surface area contributed by atoms with E-state index in [-0.39, 0.29) is 17.6 Å². The zero-order chi connectivity index (χ0) is 34.1. The summed E-state index contributed by atoms with van der Waals surface area (Å²) in [5.41, 5.74) is 8.62. The Labute approximate surface area is 272 Å². The monoisotopic (exact) mass is 592 g/mol. The van der Waals surface area contributed by atoms with E-state index in [1.807, 2.05) is 48.5 Å². The summed E-state index contributed by atoms with van der Waals surface area (Å²) >= 11 is 0. The SMILES string of the molecule is [2H]c1c([2H])c(-c2cccc(-c3c4ccccc4c(-c4c(-c5ccccc5)ccc5oc6ccccc6c45)c4ccccc34)c2)c([2H])c([2H])c1O. The Kier molecular flexibility index (Phi) is 5.11. The quantitative estimate of drug-likeness (QED) is 0.206. The van der Waals surface area contributed by atoms with E-state index in [4.69, 9.17) is 9.90 Å². The number of hydrogen-bond donors (Lipinski definition) is 1. The fourth-order valence-corrected chi connectivity index (χ4v) is 6.92. The van der Waals surface area contributed by atoms with Crippen LogP contribution in [-0.4, -0.2) is 5.11 Å². The van der Waals surface area contributed by atoms with E-state index in [1.165, 1.54) is 0 Å². The van der Waals surface area contributed by atoms with Crippen LogP contribution in [0.5, 0.6) is 5.75 Å². The van der Waals surface area contributed by atoms with Crippen LogP contribution in [0.15, 0.2) is 168 Å². The van der Waals surface area contributed by atoms with Gasteiger partial charge in [-0.15, -0.1) is 0 Å². The van der Waals surface area contributed by atoms with Crippen molar-refractivity contribution in [1.29, 1.82) is 0 Å². The number of furan rings is 1. The van der Waals surface area contributed by atoms with Gasteiger partial charge in [-0.3, -0.25) is 0 Å². The largest absolute Gasteiger partial charge is 0.508 e. The Hall–Kier alpha value is -6.12. The average molecular weight is 593 g/mol. The Morgan fingerprint density at radius 3 is 1.67 bits per heavy atom. The highest BCUT2D eigenvalue weighted by atomic mass is 16.3. The molecule has 2 nitrogen and oxygen atoms in total. The van der Waals surface area contributed by atoms with Gasteiger partial charge in [-0.25, -0.2) is 0 Å². The van der Waals surface area contributed by atoms with Crippen molar-refractivity contribution in [2.24, 2.45) is 0 Å². The van der Waals surface area contributed by atoms with E-state index in [0.29, 0.717) is 5.56 Å². The molecule has 216 valence electrons. The molecule has 0 aliphatic rings. The van der Waals surface area contributed by atoms with Gasteiger partial charge in [0.25, 0.3) is 0 Å². The van der Waals surface area contributed by atoms with Crippen LogP contribution < -0.4 is 0 Å². The maximum absolute atomic E-state index is 10.2. The summed E-state index contributed by atoms with van der Waals surface area (Å²) in [7, 11) is 0. The predicted molar refractivity (Wildman–Crippen MR) is 192 cm³/mol. The van der Waals surface area contributed by atoms with Crippen molar-refractivity contribution in [3.8, 4) is 50.3 Å². The normalized spacial score (nSPS) is 12.8. The molecule has 0 amide bonds. The number of benzene rings is 8. The molecule has 0 spiro atoms.